The minimum absolute atomic E-state index is 0.0792. The number of allylic oxidation sites excluding steroid dienone is 2. The van der Waals surface area contributed by atoms with Crippen molar-refractivity contribution in [3.8, 4) is 11.5 Å². The van der Waals surface area contributed by atoms with Crippen molar-refractivity contribution < 1.29 is 19.1 Å². The number of imide groups is 1. The number of ether oxygens (including phenoxy) is 2. The standard InChI is InChI=1S/C18H19NO4/c1-3-23-14-9-12(6-7-13(14)22-2)19-17(20)15-10-4-5-11(8-10)16(15)18(19)21/h4-7,9-11,15-16H,3,8H2,1-2H3/t10-,11-,15-,16+/m0/s1. The summed E-state index contributed by atoms with van der Waals surface area (Å²) in [5, 5.41) is 0. The predicted octanol–water partition coefficient (Wildman–Crippen LogP) is 2.41. The number of amides is 2. The molecular formula is C18H19NO4. The Bertz CT molecular complexity index is 681. The highest BCUT2D eigenvalue weighted by atomic mass is 16.5. The Hall–Kier alpha value is -2.30. The van der Waals surface area contributed by atoms with Gasteiger partial charge < -0.3 is 9.47 Å². The lowest BCUT2D eigenvalue weighted by Crippen LogP contribution is -2.32. The fraction of sp³-hybridized carbons (Fsp3) is 0.444. The monoisotopic (exact) mass is 313 g/mol. The number of benzene rings is 1. The molecule has 5 nitrogen and oxygen atoms in total. The topological polar surface area (TPSA) is 55.8 Å². The molecule has 2 bridgehead atoms. The summed E-state index contributed by atoms with van der Waals surface area (Å²) in [6, 6.07) is 5.20. The van der Waals surface area contributed by atoms with Gasteiger partial charge in [-0.1, -0.05) is 12.2 Å². The fourth-order valence-corrected chi connectivity index (χ4v) is 4.23. The van der Waals surface area contributed by atoms with Crippen molar-refractivity contribution in [2.24, 2.45) is 23.7 Å². The van der Waals surface area contributed by atoms with Crippen LogP contribution in [0.4, 0.5) is 5.69 Å². The molecule has 2 aliphatic carbocycles. The molecule has 1 saturated heterocycles. The largest absolute Gasteiger partial charge is 0.493 e. The minimum Gasteiger partial charge on any atom is -0.493 e. The number of rotatable bonds is 4. The van der Waals surface area contributed by atoms with Crippen molar-refractivity contribution in [3.05, 3.63) is 30.4 Å². The molecule has 5 heteroatoms. The molecule has 1 aromatic rings. The Kier molecular flexibility index (Phi) is 3.18. The molecule has 0 aromatic heterocycles. The molecule has 0 spiro atoms. The molecule has 4 atom stereocenters. The zero-order valence-corrected chi connectivity index (χ0v) is 13.2. The lowest BCUT2D eigenvalue weighted by molar-refractivity contribution is -0.123. The highest BCUT2D eigenvalue weighted by molar-refractivity contribution is 6.22. The van der Waals surface area contributed by atoms with Crippen molar-refractivity contribution in [1.82, 2.24) is 0 Å². The van der Waals surface area contributed by atoms with Gasteiger partial charge >= 0.3 is 0 Å². The maximum absolute atomic E-state index is 12.8. The summed E-state index contributed by atoms with van der Waals surface area (Å²) in [5.41, 5.74) is 0.568. The third-order valence-corrected chi connectivity index (χ3v) is 5.18. The van der Waals surface area contributed by atoms with Crippen LogP contribution in [0.15, 0.2) is 30.4 Å². The number of nitrogens with zero attached hydrogens (tertiary/aromatic N) is 1. The molecule has 1 heterocycles. The molecule has 0 N–H and O–H groups in total. The number of anilines is 1. The van der Waals surface area contributed by atoms with Crippen LogP contribution in [0.1, 0.15) is 13.3 Å². The van der Waals surface area contributed by atoms with Crippen LogP contribution in [-0.4, -0.2) is 25.5 Å². The minimum atomic E-state index is -0.185. The quantitative estimate of drug-likeness (QED) is 0.633. The van der Waals surface area contributed by atoms with E-state index in [0.717, 1.165) is 6.42 Å². The lowest BCUT2D eigenvalue weighted by Gasteiger charge is -2.19. The Labute approximate surface area is 134 Å². The van der Waals surface area contributed by atoms with Gasteiger partial charge in [0.25, 0.3) is 0 Å². The maximum Gasteiger partial charge on any atom is 0.238 e. The number of fused-ring (bicyclic) bond motifs is 5. The Balaban J connectivity index is 1.70. The van der Waals surface area contributed by atoms with Crippen LogP contribution in [0, 0.1) is 23.7 Å². The van der Waals surface area contributed by atoms with Gasteiger partial charge in [0.1, 0.15) is 0 Å². The first kappa shape index (κ1) is 14.3. The molecule has 120 valence electrons. The molecule has 0 unspecified atom stereocenters. The molecule has 0 radical (unpaired) electrons. The zero-order valence-electron chi connectivity index (χ0n) is 13.2. The van der Waals surface area contributed by atoms with Crippen LogP contribution in [0.3, 0.4) is 0 Å². The molecule has 1 aliphatic heterocycles. The number of hydrogen-bond acceptors (Lipinski definition) is 4. The second kappa shape index (κ2) is 5.11. The molecule has 1 aromatic carbocycles. The van der Waals surface area contributed by atoms with Crippen molar-refractivity contribution in [2.45, 2.75) is 13.3 Å². The van der Waals surface area contributed by atoms with E-state index in [1.54, 1.807) is 25.3 Å². The van der Waals surface area contributed by atoms with Gasteiger partial charge in [0.05, 0.1) is 31.2 Å². The van der Waals surface area contributed by atoms with Gasteiger partial charge in [-0.25, -0.2) is 4.90 Å². The Morgan fingerprint density at radius 1 is 1.09 bits per heavy atom. The number of carbonyl (C=O) groups is 2. The van der Waals surface area contributed by atoms with Crippen molar-refractivity contribution in [3.63, 3.8) is 0 Å². The second-order valence-corrected chi connectivity index (χ2v) is 6.28. The van der Waals surface area contributed by atoms with Gasteiger partial charge in [-0.3, -0.25) is 9.59 Å². The van der Waals surface area contributed by atoms with E-state index in [0.29, 0.717) is 23.8 Å². The van der Waals surface area contributed by atoms with Crippen LogP contribution in [0.2, 0.25) is 0 Å². The van der Waals surface area contributed by atoms with E-state index in [9.17, 15) is 9.59 Å². The summed E-state index contributed by atoms with van der Waals surface area (Å²) in [6.07, 6.45) is 5.13. The first-order chi connectivity index (χ1) is 11.2. The molecular weight excluding hydrogens is 294 g/mol. The summed E-state index contributed by atoms with van der Waals surface area (Å²) in [4.78, 5) is 27.0. The second-order valence-electron chi connectivity index (χ2n) is 6.28. The molecule has 23 heavy (non-hydrogen) atoms. The highest BCUT2D eigenvalue weighted by Crippen LogP contribution is 2.53. The van der Waals surface area contributed by atoms with Gasteiger partial charge in [0, 0.05) is 6.07 Å². The number of methoxy groups -OCH3 is 1. The molecule has 2 amide bonds. The van der Waals surface area contributed by atoms with E-state index >= 15 is 0 Å². The number of hydrogen-bond donors (Lipinski definition) is 0. The van der Waals surface area contributed by atoms with E-state index in [2.05, 4.69) is 12.2 Å². The van der Waals surface area contributed by atoms with Gasteiger partial charge in [-0.15, -0.1) is 0 Å². The van der Waals surface area contributed by atoms with E-state index in [1.807, 2.05) is 6.92 Å². The van der Waals surface area contributed by atoms with Crippen LogP contribution < -0.4 is 14.4 Å². The average molecular weight is 313 g/mol. The van der Waals surface area contributed by atoms with Crippen LogP contribution >= 0.6 is 0 Å². The van der Waals surface area contributed by atoms with E-state index < -0.39 is 0 Å². The molecule has 3 aliphatic rings. The maximum atomic E-state index is 12.8. The normalized spacial score (nSPS) is 31.0. The van der Waals surface area contributed by atoms with Crippen molar-refractivity contribution in [2.75, 3.05) is 18.6 Å². The first-order valence-corrected chi connectivity index (χ1v) is 8.02. The third-order valence-electron chi connectivity index (χ3n) is 5.18. The summed E-state index contributed by atoms with van der Waals surface area (Å²) in [7, 11) is 1.57. The van der Waals surface area contributed by atoms with Crippen LogP contribution in [0.5, 0.6) is 11.5 Å². The Morgan fingerprint density at radius 3 is 2.30 bits per heavy atom. The van der Waals surface area contributed by atoms with Gasteiger partial charge in [0.15, 0.2) is 11.5 Å². The fourth-order valence-electron chi connectivity index (χ4n) is 4.23. The van der Waals surface area contributed by atoms with Gasteiger partial charge in [-0.2, -0.15) is 0 Å². The number of carbonyl (C=O) groups excluding carboxylic acids is 2. The predicted molar refractivity (Wildman–Crippen MR) is 84.4 cm³/mol. The summed E-state index contributed by atoms with van der Waals surface area (Å²) < 4.78 is 10.8. The molecule has 2 fully saturated rings. The van der Waals surface area contributed by atoms with E-state index in [-0.39, 0.29) is 35.5 Å². The van der Waals surface area contributed by atoms with Crippen LogP contribution in [-0.2, 0) is 9.59 Å². The SMILES string of the molecule is CCOc1cc(N2C(=O)[C@@H]3[C@H](C2=O)[C@H]2C=C[C@H]3C2)ccc1OC. The van der Waals surface area contributed by atoms with E-state index in [1.165, 1.54) is 4.90 Å². The highest BCUT2D eigenvalue weighted by Gasteiger charge is 2.59. The molecule has 1 saturated carbocycles. The van der Waals surface area contributed by atoms with Crippen LogP contribution in [0.25, 0.3) is 0 Å². The molecule has 4 rings (SSSR count). The van der Waals surface area contributed by atoms with Gasteiger partial charge in [-0.05, 0) is 37.3 Å². The summed E-state index contributed by atoms with van der Waals surface area (Å²) in [6.45, 7) is 2.37. The van der Waals surface area contributed by atoms with Crippen molar-refractivity contribution >= 4 is 17.5 Å². The first-order valence-electron chi connectivity index (χ1n) is 8.02. The summed E-state index contributed by atoms with van der Waals surface area (Å²) in [5.74, 6) is 1.05. The smallest absolute Gasteiger partial charge is 0.238 e. The van der Waals surface area contributed by atoms with E-state index in [4.69, 9.17) is 9.47 Å². The zero-order chi connectivity index (χ0) is 16.1. The van der Waals surface area contributed by atoms with Gasteiger partial charge in [0.2, 0.25) is 11.8 Å². The Morgan fingerprint density at radius 2 is 1.74 bits per heavy atom. The summed E-state index contributed by atoms with van der Waals surface area (Å²) >= 11 is 0. The van der Waals surface area contributed by atoms with Crippen molar-refractivity contribution in [1.29, 1.82) is 0 Å². The average Bonchev–Trinajstić information content (AvgIpc) is 3.22. The third kappa shape index (κ3) is 1.92. The lowest BCUT2D eigenvalue weighted by atomic mass is 9.85.